The highest BCUT2D eigenvalue weighted by atomic mass is 19.4. The molecular weight excluding hydrogens is 370 g/mol. The molecule has 27 heavy (non-hydrogen) atoms. The second kappa shape index (κ2) is 7.99. The van der Waals surface area contributed by atoms with Gasteiger partial charge in [0.15, 0.2) is 0 Å². The fraction of sp³-hybridized carbons (Fsp3) is 0.684. The predicted molar refractivity (Wildman–Crippen MR) is 90.2 cm³/mol. The molecule has 8 heteroatoms. The molecule has 2 fully saturated rings. The minimum atomic E-state index is -4.68. The van der Waals surface area contributed by atoms with Gasteiger partial charge < -0.3 is 5.32 Å². The van der Waals surface area contributed by atoms with Crippen LogP contribution in [0.3, 0.4) is 0 Å². The lowest BCUT2D eigenvalue weighted by molar-refractivity contribution is -0.142. The van der Waals surface area contributed by atoms with Crippen molar-refractivity contribution < 1.29 is 26.3 Å². The van der Waals surface area contributed by atoms with Gasteiger partial charge in [-0.05, 0) is 42.5 Å². The van der Waals surface area contributed by atoms with E-state index >= 15 is 0 Å². The summed E-state index contributed by atoms with van der Waals surface area (Å²) >= 11 is 0. The van der Waals surface area contributed by atoms with Crippen molar-refractivity contribution >= 4 is 0 Å². The first-order chi connectivity index (χ1) is 12.7. The number of nitrogens with one attached hydrogen (secondary N) is 1. The lowest BCUT2D eigenvalue weighted by Crippen LogP contribution is -2.47. The Balaban J connectivity index is 2.10. The van der Waals surface area contributed by atoms with Gasteiger partial charge >= 0.3 is 12.4 Å². The fourth-order valence-electron chi connectivity index (χ4n) is 4.40. The molecular formula is C19H24F6N2. The largest absolute Gasteiger partial charge is 0.416 e. The van der Waals surface area contributed by atoms with Gasteiger partial charge in [-0.15, -0.1) is 0 Å². The van der Waals surface area contributed by atoms with Crippen molar-refractivity contribution in [2.45, 2.75) is 50.5 Å². The van der Waals surface area contributed by atoms with Crippen molar-refractivity contribution in [1.82, 2.24) is 10.2 Å². The first-order valence-electron chi connectivity index (χ1n) is 9.41. The van der Waals surface area contributed by atoms with Gasteiger partial charge in [-0.25, -0.2) is 0 Å². The molecule has 0 unspecified atom stereocenters. The number of nitrogens with zero attached hydrogens (tertiary/aromatic N) is 1. The monoisotopic (exact) mass is 394 g/mol. The Morgan fingerprint density at radius 1 is 0.889 bits per heavy atom. The molecule has 1 aromatic carbocycles. The number of rotatable bonds is 3. The summed E-state index contributed by atoms with van der Waals surface area (Å²) in [5, 5.41) is 3.16. The van der Waals surface area contributed by atoms with E-state index in [2.05, 4.69) is 5.32 Å². The van der Waals surface area contributed by atoms with Gasteiger partial charge in [0.1, 0.15) is 0 Å². The molecule has 152 valence electrons. The van der Waals surface area contributed by atoms with Gasteiger partial charge in [0.05, 0.1) is 11.1 Å². The van der Waals surface area contributed by atoms with Crippen LogP contribution < -0.4 is 5.32 Å². The lowest BCUT2D eigenvalue weighted by atomic mass is 9.78. The summed E-state index contributed by atoms with van der Waals surface area (Å²) < 4.78 is 80.7. The van der Waals surface area contributed by atoms with Crippen LogP contribution in [0.1, 0.15) is 54.8 Å². The summed E-state index contributed by atoms with van der Waals surface area (Å²) in [6.45, 7) is 2.33. The summed E-state index contributed by atoms with van der Waals surface area (Å²) in [5.41, 5.74) is -2.17. The maximum Gasteiger partial charge on any atom is 0.416 e. The van der Waals surface area contributed by atoms with Crippen LogP contribution in [-0.4, -0.2) is 31.1 Å². The van der Waals surface area contributed by atoms with Crippen LogP contribution in [0.4, 0.5) is 26.3 Å². The van der Waals surface area contributed by atoms with Gasteiger partial charge in [-0.1, -0.05) is 19.3 Å². The van der Waals surface area contributed by atoms with Crippen LogP contribution in [0.5, 0.6) is 0 Å². The van der Waals surface area contributed by atoms with E-state index in [1.807, 2.05) is 4.90 Å². The third-order valence-corrected chi connectivity index (χ3v) is 5.64. The van der Waals surface area contributed by atoms with Gasteiger partial charge in [-0.3, -0.25) is 4.90 Å². The van der Waals surface area contributed by atoms with Crippen molar-refractivity contribution in [3.8, 4) is 0 Å². The molecule has 1 heterocycles. The zero-order chi connectivity index (χ0) is 19.7. The molecule has 2 aliphatic rings. The Morgan fingerprint density at radius 3 is 2.07 bits per heavy atom. The first kappa shape index (κ1) is 20.5. The molecule has 0 bridgehead atoms. The molecule has 1 aliphatic carbocycles. The molecule has 0 amide bonds. The molecule has 0 radical (unpaired) electrons. The summed E-state index contributed by atoms with van der Waals surface area (Å²) in [6, 6.07) is 1.26. The topological polar surface area (TPSA) is 15.3 Å². The van der Waals surface area contributed by atoms with Gasteiger partial charge in [0, 0.05) is 32.2 Å². The normalized spacial score (nSPS) is 22.0. The molecule has 1 N–H and O–H groups in total. The average molecular weight is 394 g/mol. The molecule has 1 saturated heterocycles. The summed E-state index contributed by atoms with van der Waals surface area (Å²) in [6.07, 6.45) is -5.00. The molecule has 1 atom stereocenters. The van der Waals surface area contributed by atoms with E-state index in [1.165, 1.54) is 0 Å². The van der Waals surface area contributed by atoms with Crippen LogP contribution in [0, 0.1) is 5.92 Å². The maximum absolute atomic E-state index is 13.7. The minimum Gasteiger partial charge on any atom is -0.314 e. The highest BCUT2D eigenvalue weighted by molar-refractivity contribution is 5.38. The van der Waals surface area contributed by atoms with Crippen molar-refractivity contribution in [2.75, 3.05) is 26.2 Å². The number of alkyl halides is 6. The molecule has 0 aromatic heterocycles. The molecule has 2 nitrogen and oxygen atoms in total. The Hall–Kier alpha value is -1.28. The fourth-order valence-corrected chi connectivity index (χ4v) is 4.40. The second-order valence-corrected chi connectivity index (χ2v) is 7.43. The average Bonchev–Trinajstić information content (AvgIpc) is 2.62. The summed E-state index contributed by atoms with van der Waals surface area (Å²) in [5.74, 6) is -0.0542. The van der Waals surface area contributed by atoms with Crippen molar-refractivity contribution in [1.29, 1.82) is 0 Å². The lowest BCUT2D eigenvalue weighted by Gasteiger charge is -2.42. The van der Waals surface area contributed by atoms with Crippen LogP contribution in [0.25, 0.3) is 0 Å². The Bertz CT molecular complexity index is 610. The predicted octanol–water partition coefficient (Wildman–Crippen LogP) is 5.25. The maximum atomic E-state index is 13.7. The second-order valence-electron chi connectivity index (χ2n) is 7.43. The van der Waals surface area contributed by atoms with Crippen LogP contribution >= 0.6 is 0 Å². The quantitative estimate of drug-likeness (QED) is 0.705. The van der Waals surface area contributed by atoms with Crippen molar-refractivity contribution in [3.05, 3.63) is 34.9 Å². The Morgan fingerprint density at radius 2 is 1.52 bits per heavy atom. The Kier molecular flexibility index (Phi) is 6.05. The highest BCUT2D eigenvalue weighted by Gasteiger charge is 2.41. The van der Waals surface area contributed by atoms with Crippen LogP contribution in [-0.2, 0) is 12.4 Å². The van der Waals surface area contributed by atoms with Gasteiger partial charge in [0.2, 0.25) is 0 Å². The number of hydrogen-bond donors (Lipinski definition) is 1. The van der Waals surface area contributed by atoms with Crippen molar-refractivity contribution in [2.24, 2.45) is 5.92 Å². The van der Waals surface area contributed by atoms with Crippen LogP contribution in [0.15, 0.2) is 18.2 Å². The molecule has 3 rings (SSSR count). The van der Waals surface area contributed by atoms with Crippen LogP contribution in [0.2, 0.25) is 0 Å². The number of benzene rings is 1. The minimum absolute atomic E-state index is 0.0542. The zero-order valence-corrected chi connectivity index (χ0v) is 15.0. The van der Waals surface area contributed by atoms with Gasteiger partial charge in [-0.2, -0.15) is 26.3 Å². The molecule has 0 spiro atoms. The van der Waals surface area contributed by atoms with E-state index in [9.17, 15) is 26.3 Å². The number of piperazine rings is 1. The zero-order valence-electron chi connectivity index (χ0n) is 15.0. The van der Waals surface area contributed by atoms with Crippen molar-refractivity contribution in [3.63, 3.8) is 0 Å². The smallest absolute Gasteiger partial charge is 0.314 e. The van der Waals surface area contributed by atoms with Gasteiger partial charge in [0.25, 0.3) is 0 Å². The van der Waals surface area contributed by atoms with E-state index in [4.69, 9.17) is 0 Å². The Labute approximate surface area is 154 Å². The first-order valence-corrected chi connectivity index (χ1v) is 9.41. The summed E-state index contributed by atoms with van der Waals surface area (Å²) in [7, 11) is 0. The molecule has 1 aliphatic heterocycles. The van der Waals surface area contributed by atoms with E-state index < -0.39 is 29.5 Å². The van der Waals surface area contributed by atoms with E-state index in [0.29, 0.717) is 38.3 Å². The summed E-state index contributed by atoms with van der Waals surface area (Å²) in [4.78, 5) is 1.94. The standard InChI is InChI=1S/C19H24F6N2/c20-18(21,22)14-6-7-16(19(23,24)25)15(12-14)17(13-4-2-1-3-5-13)27-10-8-26-9-11-27/h6-7,12-13,17,26H,1-5,8-11H2/t17-/m0/s1. The third-order valence-electron chi connectivity index (χ3n) is 5.64. The van der Waals surface area contributed by atoms with E-state index in [0.717, 1.165) is 38.2 Å². The number of halogens is 6. The molecule has 1 saturated carbocycles. The highest BCUT2D eigenvalue weighted by Crippen LogP contribution is 2.45. The SMILES string of the molecule is FC(F)(F)c1ccc(C(F)(F)F)c([C@H](C2CCCCC2)N2CCNCC2)c1. The van der Waals surface area contributed by atoms with E-state index in [-0.39, 0.29) is 11.5 Å². The third kappa shape index (κ3) is 4.77. The number of hydrogen-bond acceptors (Lipinski definition) is 2. The molecule has 1 aromatic rings. The van der Waals surface area contributed by atoms with E-state index in [1.54, 1.807) is 0 Å².